The van der Waals surface area contributed by atoms with E-state index in [9.17, 15) is 8.78 Å². The molecule has 18 heavy (non-hydrogen) atoms. The maximum absolute atomic E-state index is 13.3. The lowest BCUT2D eigenvalue weighted by atomic mass is 9.61. The quantitative estimate of drug-likeness (QED) is 0.873. The maximum atomic E-state index is 13.3. The van der Waals surface area contributed by atoms with E-state index < -0.39 is 11.3 Å². The molecule has 1 fully saturated rings. The summed E-state index contributed by atoms with van der Waals surface area (Å²) in [6, 6.07) is 7.84. The molecule has 0 spiro atoms. The molecule has 4 heteroatoms. The molecule has 1 aromatic carbocycles. The molecule has 0 atom stereocenters. The third-order valence-electron chi connectivity index (χ3n) is 4.08. The van der Waals surface area contributed by atoms with Crippen LogP contribution in [0.2, 0.25) is 0 Å². The lowest BCUT2D eigenvalue weighted by molar-refractivity contribution is -0.123. The number of aryl methyl sites for hydroxylation is 1. The van der Waals surface area contributed by atoms with Crippen LogP contribution in [0.25, 0.3) is 10.9 Å². The highest BCUT2D eigenvalue weighted by molar-refractivity contribution is 5.85. The minimum atomic E-state index is -2.56. The Morgan fingerprint density at radius 3 is 2.61 bits per heavy atom. The first-order valence-corrected chi connectivity index (χ1v) is 6.10. The van der Waals surface area contributed by atoms with Crippen LogP contribution in [0.4, 0.5) is 8.78 Å². The summed E-state index contributed by atoms with van der Waals surface area (Å²) in [6.07, 6.45) is 1.68. The van der Waals surface area contributed by atoms with Gasteiger partial charge in [0.25, 0.3) is 0 Å². The zero-order chi connectivity index (χ0) is 13.0. The van der Waals surface area contributed by atoms with E-state index in [0.717, 1.165) is 16.5 Å². The van der Waals surface area contributed by atoms with Crippen molar-refractivity contribution in [2.75, 3.05) is 6.54 Å². The number of nitrogens with zero attached hydrogens (tertiary/aromatic N) is 1. The third-order valence-corrected chi connectivity index (χ3v) is 4.08. The Kier molecular flexibility index (Phi) is 2.29. The van der Waals surface area contributed by atoms with Crippen molar-refractivity contribution in [3.8, 4) is 0 Å². The average molecular weight is 250 g/mol. The lowest BCUT2D eigenvalue weighted by Crippen LogP contribution is -2.53. The molecule has 1 aliphatic rings. The van der Waals surface area contributed by atoms with Crippen LogP contribution in [0.5, 0.6) is 0 Å². The zero-order valence-electron chi connectivity index (χ0n) is 10.3. The summed E-state index contributed by atoms with van der Waals surface area (Å²) in [6.45, 7) is 0.274. The highest BCUT2D eigenvalue weighted by Crippen LogP contribution is 2.54. The largest absolute Gasteiger partial charge is 0.351 e. The van der Waals surface area contributed by atoms with Gasteiger partial charge in [0.2, 0.25) is 5.92 Å². The fourth-order valence-electron chi connectivity index (χ4n) is 3.15. The summed E-state index contributed by atoms with van der Waals surface area (Å²) in [5, 5.41) is 1.04. The van der Waals surface area contributed by atoms with E-state index in [1.165, 1.54) is 0 Å². The second-order valence-electron chi connectivity index (χ2n) is 5.36. The first-order valence-electron chi connectivity index (χ1n) is 6.10. The van der Waals surface area contributed by atoms with Gasteiger partial charge in [-0.15, -0.1) is 0 Å². The number of aromatic nitrogens is 1. The molecule has 2 N–H and O–H groups in total. The van der Waals surface area contributed by atoms with Gasteiger partial charge in [0.05, 0.1) is 0 Å². The summed E-state index contributed by atoms with van der Waals surface area (Å²) in [7, 11) is 1.95. The van der Waals surface area contributed by atoms with Crippen LogP contribution >= 0.6 is 0 Å². The molecule has 1 saturated carbocycles. The van der Waals surface area contributed by atoms with Gasteiger partial charge in [0, 0.05) is 48.9 Å². The van der Waals surface area contributed by atoms with Gasteiger partial charge in [-0.1, -0.05) is 12.1 Å². The molecule has 2 nitrogen and oxygen atoms in total. The summed E-state index contributed by atoms with van der Waals surface area (Å²) < 4.78 is 28.5. The van der Waals surface area contributed by atoms with Crippen molar-refractivity contribution in [2.24, 2.45) is 12.8 Å². The van der Waals surface area contributed by atoms with Crippen LogP contribution in [0, 0.1) is 0 Å². The maximum Gasteiger partial charge on any atom is 0.250 e. The highest BCUT2D eigenvalue weighted by atomic mass is 19.3. The Hall–Kier alpha value is -1.42. The lowest BCUT2D eigenvalue weighted by Gasteiger charge is -2.47. The predicted octanol–water partition coefficient (Wildman–Crippen LogP) is 2.80. The summed E-state index contributed by atoms with van der Waals surface area (Å²) in [5.41, 5.74) is 7.26. The predicted molar refractivity (Wildman–Crippen MR) is 67.8 cm³/mol. The van der Waals surface area contributed by atoms with Gasteiger partial charge in [-0.3, -0.25) is 0 Å². The van der Waals surface area contributed by atoms with Crippen LogP contribution in [0.1, 0.15) is 18.4 Å². The van der Waals surface area contributed by atoms with Crippen LogP contribution in [0.3, 0.4) is 0 Å². The summed E-state index contributed by atoms with van der Waals surface area (Å²) in [5.74, 6) is -2.56. The van der Waals surface area contributed by atoms with E-state index in [1.807, 2.05) is 42.1 Å². The summed E-state index contributed by atoms with van der Waals surface area (Å²) in [4.78, 5) is 0. The fourth-order valence-corrected chi connectivity index (χ4v) is 3.15. The fraction of sp³-hybridized carbons (Fsp3) is 0.429. The number of fused-ring (bicyclic) bond motifs is 1. The molecule has 0 aliphatic heterocycles. The number of rotatable bonds is 2. The normalized spacial score (nSPS) is 20.9. The molecule has 0 unspecified atom stereocenters. The first-order chi connectivity index (χ1) is 8.47. The molecule has 0 saturated heterocycles. The molecule has 0 bridgehead atoms. The Balaban J connectivity index is 2.14. The van der Waals surface area contributed by atoms with E-state index >= 15 is 0 Å². The number of halogens is 2. The molecule has 2 aromatic rings. The first kappa shape index (κ1) is 11.7. The minimum absolute atomic E-state index is 0.134. The van der Waals surface area contributed by atoms with E-state index in [0.29, 0.717) is 0 Å². The van der Waals surface area contributed by atoms with Crippen molar-refractivity contribution < 1.29 is 8.78 Å². The number of alkyl halides is 2. The Morgan fingerprint density at radius 1 is 1.28 bits per heavy atom. The van der Waals surface area contributed by atoms with E-state index in [1.54, 1.807) is 0 Å². The number of hydrogen-bond donors (Lipinski definition) is 1. The molecule has 3 rings (SSSR count). The molecule has 1 aliphatic carbocycles. The monoisotopic (exact) mass is 250 g/mol. The van der Waals surface area contributed by atoms with Crippen LogP contribution in [-0.2, 0) is 12.5 Å². The van der Waals surface area contributed by atoms with Crippen molar-refractivity contribution in [2.45, 2.75) is 24.2 Å². The average Bonchev–Trinajstić information content (AvgIpc) is 2.68. The van der Waals surface area contributed by atoms with Crippen LogP contribution in [0.15, 0.2) is 30.5 Å². The second-order valence-corrected chi connectivity index (χ2v) is 5.36. The summed E-state index contributed by atoms with van der Waals surface area (Å²) >= 11 is 0. The number of hydrogen-bond acceptors (Lipinski definition) is 1. The highest BCUT2D eigenvalue weighted by Gasteiger charge is 2.56. The van der Waals surface area contributed by atoms with Crippen molar-refractivity contribution in [1.82, 2.24) is 4.57 Å². The van der Waals surface area contributed by atoms with Gasteiger partial charge >= 0.3 is 0 Å². The molecular weight excluding hydrogens is 234 g/mol. The molecule has 0 radical (unpaired) electrons. The Bertz CT molecular complexity index is 593. The third kappa shape index (κ3) is 1.48. The van der Waals surface area contributed by atoms with Crippen molar-refractivity contribution in [3.63, 3.8) is 0 Å². The molecule has 96 valence electrons. The minimum Gasteiger partial charge on any atom is -0.351 e. The van der Waals surface area contributed by atoms with Gasteiger partial charge in [-0.25, -0.2) is 8.78 Å². The van der Waals surface area contributed by atoms with Gasteiger partial charge < -0.3 is 10.3 Å². The molecule has 0 amide bonds. The van der Waals surface area contributed by atoms with Gasteiger partial charge in [0.1, 0.15) is 0 Å². The number of benzene rings is 1. The SMILES string of the molecule is Cn1ccc2c(C3(CN)CC(F)(F)C3)cccc21. The Labute approximate surface area is 104 Å². The van der Waals surface area contributed by atoms with E-state index in [4.69, 9.17) is 5.73 Å². The van der Waals surface area contributed by atoms with Crippen LogP contribution in [-0.4, -0.2) is 17.0 Å². The van der Waals surface area contributed by atoms with Crippen molar-refractivity contribution in [1.29, 1.82) is 0 Å². The van der Waals surface area contributed by atoms with Crippen molar-refractivity contribution >= 4 is 10.9 Å². The second kappa shape index (κ2) is 3.54. The standard InChI is InChI=1S/C14H16F2N2/c1-18-6-5-10-11(3-2-4-12(10)18)13(9-17)7-14(15,16)8-13/h2-6H,7-9,17H2,1H3. The molecular formula is C14H16F2N2. The molecule has 1 heterocycles. The topological polar surface area (TPSA) is 30.9 Å². The van der Waals surface area contributed by atoms with E-state index in [2.05, 4.69) is 0 Å². The van der Waals surface area contributed by atoms with Crippen molar-refractivity contribution in [3.05, 3.63) is 36.0 Å². The number of nitrogens with two attached hydrogens (primary N) is 1. The zero-order valence-corrected chi connectivity index (χ0v) is 10.3. The Morgan fingerprint density at radius 2 is 2.00 bits per heavy atom. The van der Waals surface area contributed by atoms with E-state index in [-0.39, 0.29) is 19.4 Å². The van der Waals surface area contributed by atoms with Crippen LogP contribution < -0.4 is 5.73 Å². The molecule has 1 aromatic heterocycles. The smallest absolute Gasteiger partial charge is 0.250 e. The van der Waals surface area contributed by atoms with Gasteiger partial charge in [-0.2, -0.15) is 0 Å². The van der Waals surface area contributed by atoms with Gasteiger partial charge in [0.15, 0.2) is 0 Å². The van der Waals surface area contributed by atoms with Gasteiger partial charge in [-0.05, 0) is 17.7 Å².